The highest BCUT2D eigenvalue weighted by Crippen LogP contribution is 2.27. The van der Waals surface area contributed by atoms with Gasteiger partial charge in [0.25, 0.3) is 0 Å². The fourth-order valence-electron chi connectivity index (χ4n) is 1.32. The van der Waals surface area contributed by atoms with Crippen molar-refractivity contribution in [1.82, 2.24) is 0 Å². The zero-order valence-electron chi connectivity index (χ0n) is 11.3. The van der Waals surface area contributed by atoms with Crippen molar-refractivity contribution < 1.29 is 23.8 Å². The largest absolute Gasteiger partial charge is 0.480 e. The highest BCUT2D eigenvalue weighted by atomic mass is 35.5. The summed E-state index contributed by atoms with van der Waals surface area (Å²) in [5, 5.41) is 0.713. The molecule has 0 N–H and O–H groups in total. The van der Waals surface area contributed by atoms with Gasteiger partial charge in [-0.25, -0.2) is 9.59 Å². The molecule has 1 atom stereocenters. The molecule has 0 spiro atoms. The van der Waals surface area contributed by atoms with Crippen molar-refractivity contribution in [3.8, 4) is 5.75 Å². The average molecular weight is 333 g/mol. The van der Waals surface area contributed by atoms with Gasteiger partial charge >= 0.3 is 11.9 Å². The van der Waals surface area contributed by atoms with E-state index in [9.17, 15) is 9.59 Å². The Bertz CT molecular complexity index is 530. The van der Waals surface area contributed by atoms with Crippen LogP contribution in [0.1, 0.15) is 6.92 Å². The molecule has 0 radical (unpaired) electrons. The summed E-state index contributed by atoms with van der Waals surface area (Å²) < 4.78 is 14.8. The molecule has 0 aliphatic rings. The molecule has 0 aromatic heterocycles. The van der Waals surface area contributed by atoms with Crippen LogP contribution in [-0.4, -0.2) is 31.3 Å². The Morgan fingerprint density at radius 3 is 2.67 bits per heavy atom. The Hall–Kier alpha value is -1.72. The minimum atomic E-state index is -1.17. The van der Waals surface area contributed by atoms with Crippen molar-refractivity contribution in [3.05, 3.63) is 40.9 Å². The molecule has 7 heteroatoms. The first-order chi connectivity index (χ1) is 9.97. The lowest BCUT2D eigenvalue weighted by Gasteiger charge is -2.13. The molecule has 0 amide bonds. The standard InChI is InChI=1S/C14H14Cl2O5/c1-3-11(14(18)19-4-2)21-13(17)8-20-12-6-5-9(15)7-10(12)16/h3,5-7,11H,1,4,8H2,2H3. The van der Waals surface area contributed by atoms with Gasteiger partial charge in [0.2, 0.25) is 6.10 Å². The number of hydrogen-bond acceptors (Lipinski definition) is 5. The van der Waals surface area contributed by atoms with E-state index in [-0.39, 0.29) is 17.4 Å². The summed E-state index contributed by atoms with van der Waals surface area (Å²) in [6.45, 7) is 4.82. The van der Waals surface area contributed by atoms with E-state index >= 15 is 0 Å². The summed E-state index contributed by atoms with van der Waals surface area (Å²) in [5.74, 6) is -1.16. The van der Waals surface area contributed by atoms with Gasteiger partial charge in [0.15, 0.2) is 6.61 Å². The maximum absolute atomic E-state index is 11.6. The van der Waals surface area contributed by atoms with E-state index in [4.69, 9.17) is 37.4 Å². The number of benzene rings is 1. The van der Waals surface area contributed by atoms with Gasteiger partial charge in [0.1, 0.15) is 5.75 Å². The summed E-state index contributed by atoms with van der Waals surface area (Å²) in [7, 11) is 0. The minimum absolute atomic E-state index is 0.178. The van der Waals surface area contributed by atoms with Crippen LogP contribution in [0, 0.1) is 0 Å². The molecule has 0 bridgehead atoms. The summed E-state index contributed by atoms with van der Waals surface area (Å²) in [6, 6.07) is 4.57. The lowest BCUT2D eigenvalue weighted by atomic mass is 10.3. The second-order valence-corrected chi connectivity index (χ2v) is 4.61. The molecule has 0 saturated carbocycles. The van der Waals surface area contributed by atoms with Crippen molar-refractivity contribution in [2.75, 3.05) is 13.2 Å². The zero-order valence-corrected chi connectivity index (χ0v) is 12.8. The second kappa shape index (κ2) is 8.54. The summed E-state index contributed by atoms with van der Waals surface area (Å²) in [4.78, 5) is 23.0. The van der Waals surface area contributed by atoms with Crippen molar-refractivity contribution in [3.63, 3.8) is 0 Å². The third kappa shape index (κ3) is 5.65. The lowest BCUT2D eigenvalue weighted by molar-refractivity contribution is -0.165. The normalized spacial score (nSPS) is 11.4. The molecule has 0 fully saturated rings. The van der Waals surface area contributed by atoms with Crippen molar-refractivity contribution in [2.45, 2.75) is 13.0 Å². The molecular formula is C14H14Cl2O5. The quantitative estimate of drug-likeness (QED) is 0.567. The van der Waals surface area contributed by atoms with Gasteiger partial charge in [0, 0.05) is 5.02 Å². The fourth-order valence-corrected chi connectivity index (χ4v) is 1.78. The number of carbonyl (C=O) groups is 2. The third-order valence-electron chi connectivity index (χ3n) is 2.23. The first kappa shape index (κ1) is 17.3. The molecule has 1 aromatic carbocycles. The summed E-state index contributed by atoms with van der Waals surface area (Å²) in [6.07, 6.45) is 0.00673. The van der Waals surface area contributed by atoms with E-state index in [1.807, 2.05) is 0 Å². The van der Waals surface area contributed by atoms with Gasteiger partial charge in [0.05, 0.1) is 11.6 Å². The van der Waals surface area contributed by atoms with Crippen LogP contribution < -0.4 is 4.74 Å². The Kier molecular flexibility index (Phi) is 7.05. The van der Waals surface area contributed by atoms with Crippen LogP contribution in [0.5, 0.6) is 5.75 Å². The van der Waals surface area contributed by atoms with Gasteiger partial charge in [-0.05, 0) is 31.2 Å². The summed E-state index contributed by atoms with van der Waals surface area (Å²) >= 11 is 11.6. The predicted octanol–water partition coefficient (Wildman–Crippen LogP) is 3.03. The third-order valence-corrected chi connectivity index (χ3v) is 2.76. The minimum Gasteiger partial charge on any atom is -0.480 e. The molecule has 0 saturated heterocycles. The molecule has 0 heterocycles. The van der Waals surface area contributed by atoms with Crippen LogP contribution in [0.4, 0.5) is 0 Å². The van der Waals surface area contributed by atoms with E-state index in [2.05, 4.69) is 6.58 Å². The van der Waals surface area contributed by atoms with Gasteiger partial charge in [-0.3, -0.25) is 0 Å². The van der Waals surface area contributed by atoms with Gasteiger partial charge in [-0.15, -0.1) is 0 Å². The van der Waals surface area contributed by atoms with E-state index in [1.165, 1.54) is 18.2 Å². The van der Waals surface area contributed by atoms with Crippen molar-refractivity contribution in [1.29, 1.82) is 0 Å². The fraction of sp³-hybridized carbons (Fsp3) is 0.286. The Morgan fingerprint density at radius 2 is 2.10 bits per heavy atom. The molecule has 0 aliphatic carbocycles. The Balaban J connectivity index is 2.53. The van der Waals surface area contributed by atoms with Gasteiger partial charge in [-0.2, -0.15) is 0 Å². The predicted molar refractivity (Wildman–Crippen MR) is 78.7 cm³/mol. The van der Waals surface area contributed by atoms with Crippen LogP contribution in [0.15, 0.2) is 30.9 Å². The van der Waals surface area contributed by atoms with Crippen LogP contribution >= 0.6 is 23.2 Å². The molecular weight excluding hydrogens is 319 g/mol. The first-order valence-electron chi connectivity index (χ1n) is 6.04. The Labute approximate surface area is 132 Å². The van der Waals surface area contributed by atoms with Gasteiger partial charge < -0.3 is 14.2 Å². The van der Waals surface area contributed by atoms with Crippen LogP contribution in [0.3, 0.4) is 0 Å². The van der Waals surface area contributed by atoms with Crippen LogP contribution in [0.25, 0.3) is 0 Å². The van der Waals surface area contributed by atoms with E-state index < -0.39 is 24.6 Å². The molecule has 1 aromatic rings. The van der Waals surface area contributed by atoms with Crippen LogP contribution in [-0.2, 0) is 19.1 Å². The Morgan fingerprint density at radius 1 is 1.38 bits per heavy atom. The number of carbonyl (C=O) groups excluding carboxylic acids is 2. The first-order valence-corrected chi connectivity index (χ1v) is 6.80. The maximum atomic E-state index is 11.6. The highest BCUT2D eigenvalue weighted by molar-refractivity contribution is 6.35. The average Bonchev–Trinajstić information content (AvgIpc) is 2.44. The molecule has 21 heavy (non-hydrogen) atoms. The van der Waals surface area contributed by atoms with E-state index in [0.717, 1.165) is 0 Å². The van der Waals surface area contributed by atoms with Crippen LogP contribution in [0.2, 0.25) is 10.0 Å². The van der Waals surface area contributed by atoms with Gasteiger partial charge in [-0.1, -0.05) is 29.8 Å². The number of hydrogen-bond donors (Lipinski definition) is 0. The number of halogens is 2. The number of esters is 2. The van der Waals surface area contributed by atoms with E-state index in [1.54, 1.807) is 13.0 Å². The maximum Gasteiger partial charge on any atom is 0.351 e. The molecule has 1 rings (SSSR count). The molecule has 0 aliphatic heterocycles. The SMILES string of the molecule is C=CC(OC(=O)COc1ccc(Cl)cc1Cl)C(=O)OCC. The molecule has 114 valence electrons. The smallest absolute Gasteiger partial charge is 0.351 e. The highest BCUT2D eigenvalue weighted by Gasteiger charge is 2.21. The zero-order chi connectivity index (χ0) is 15.8. The second-order valence-electron chi connectivity index (χ2n) is 3.76. The number of rotatable bonds is 7. The summed E-state index contributed by atoms with van der Waals surface area (Å²) in [5.41, 5.74) is 0. The monoisotopic (exact) mass is 332 g/mol. The molecule has 1 unspecified atom stereocenters. The van der Waals surface area contributed by atoms with Crippen molar-refractivity contribution >= 4 is 35.1 Å². The topological polar surface area (TPSA) is 61.8 Å². The number of ether oxygens (including phenoxy) is 3. The van der Waals surface area contributed by atoms with E-state index in [0.29, 0.717) is 5.02 Å². The lowest BCUT2D eigenvalue weighted by Crippen LogP contribution is -2.29. The van der Waals surface area contributed by atoms with Crippen molar-refractivity contribution in [2.24, 2.45) is 0 Å². The molecule has 5 nitrogen and oxygen atoms in total.